The van der Waals surface area contributed by atoms with Crippen molar-refractivity contribution in [1.82, 2.24) is 0 Å². The average molecular weight is 340 g/mol. The maximum Gasteiger partial charge on any atom is 0.338 e. The van der Waals surface area contributed by atoms with Gasteiger partial charge in [0.2, 0.25) is 0 Å². The molecule has 2 nitrogen and oxygen atoms in total. The fourth-order valence-corrected chi connectivity index (χ4v) is 2.32. The number of rotatable bonds is 6. The van der Waals surface area contributed by atoms with Crippen molar-refractivity contribution in [2.45, 2.75) is 32.0 Å². The van der Waals surface area contributed by atoms with Crippen LogP contribution in [-0.2, 0) is 11.2 Å². The van der Waals surface area contributed by atoms with Crippen molar-refractivity contribution < 1.29 is 27.1 Å². The lowest BCUT2D eigenvalue weighted by Gasteiger charge is -2.19. The summed E-state index contributed by atoms with van der Waals surface area (Å²) in [6.45, 7) is 1.29. The fraction of sp³-hybridized carbons (Fsp3) is 0.278. The molecular weight excluding hydrogens is 324 g/mol. The Morgan fingerprint density at radius 3 is 2.21 bits per heavy atom. The smallest absolute Gasteiger partial charge is 0.338 e. The Morgan fingerprint density at radius 2 is 1.67 bits per heavy atom. The van der Waals surface area contributed by atoms with E-state index in [2.05, 4.69) is 0 Å². The molecular formula is C18H16F4O2. The summed E-state index contributed by atoms with van der Waals surface area (Å²) in [5, 5.41) is 0. The molecule has 2 atom stereocenters. The van der Waals surface area contributed by atoms with Gasteiger partial charge in [0.25, 0.3) is 0 Å². The van der Waals surface area contributed by atoms with E-state index in [1.54, 1.807) is 18.2 Å². The van der Waals surface area contributed by atoms with Gasteiger partial charge < -0.3 is 4.74 Å². The Bertz CT molecular complexity index is 678. The Labute approximate surface area is 137 Å². The molecule has 0 radical (unpaired) electrons. The van der Waals surface area contributed by atoms with Crippen LogP contribution in [0.25, 0.3) is 0 Å². The Kier molecular flexibility index (Phi) is 5.95. The summed E-state index contributed by atoms with van der Waals surface area (Å²) in [6, 6.07) is 9.71. The third-order valence-corrected chi connectivity index (χ3v) is 3.38. The first-order chi connectivity index (χ1) is 11.4. The highest BCUT2D eigenvalue weighted by Crippen LogP contribution is 2.19. The van der Waals surface area contributed by atoms with Crippen LogP contribution in [0.15, 0.2) is 42.5 Å². The quantitative estimate of drug-likeness (QED) is 0.436. The second-order valence-electron chi connectivity index (χ2n) is 5.49. The number of benzene rings is 2. The summed E-state index contributed by atoms with van der Waals surface area (Å²) in [7, 11) is 0. The molecule has 0 spiro atoms. The minimum absolute atomic E-state index is 0.0814. The minimum Gasteiger partial charge on any atom is -0.458 e. The normalized spacial score (nSPS) is 13.4. The highest BCUT2D eigenvalue weighted by molar-refractivity contribution is 5.89. The first kappa shape index (κ1) is 18.0. The number of carbonyl (C=O) groups excluding carboxylic acids is 1. The van der Waals surface area contributed by atoms with Crippen LogP contribution in [-0.4, -0.2) is 18.2 Å². The molecule has 0 N–H and O–H groups in total. The molecule has 0 aliphatic rings. The van der Waals surface area contributed by atoms with Crippen LogP contribution < -0.4 is 0 Å². The van der Waals surface area contributed by atoms with Gasteiger partial charge in [-0.05, 0) is 36.8 Å². The standard InChI is InChI=1S/C18H16F4O2/c1-11(19)7-14(24-18(23)13-5-3-2-4-6-13)8-12-9-15(20)17(22)16(21)10-12/h2-6,9-11,14H,7-8H2,1H3. The summed E-state index contributed by atoms with van der Waals surface area (Å²) >= 11 is 0. The van der Waals surface area contributed by atoms with E-state index in [9.17, 15) is 22.4 Å². The number of carbonyl (C=O) groups is 1. The molecule has 0 bridgehead atoms. The lowest BCUT2D eigenvalue weighted by Crippen LogP contribution is -2.24. The van der Waals surface area contributed by atoms with Crippen molar-refractivity contribution >= 4 is 5.97 Å². The van der Waals surface area contributed by atoms with E-state index >= 15 is 0 Å². The third kappa shape index (κ3) is 4.81. The minimum atomic E-state index is -1.57. The van der Waals surface area contributed by atoms with Gasteiger partial charge in [-0.15, -0.1) is 0 Å². The van der Waals surface area contributed by atoms with Crippen LogP contribution in [0.1, 0.15) is 29.3 Å². The van der Waals surface area contributed by atoms with Crippen LogP contribution in [0.5, 0.6) is 0 Å². The van der Waals surface area contributed by atoms with Crippen LogP contribution in [0.3, 0.4) is 0 Å². The van der Waals surface area contributed by atoms with Gasteiger partial charge in [-0.25, -0.2) is 22.4 Å². The Morgan fingerprint density at radius 1 is 1.08 bits per heavy atom. The van der Waals surface area contributed by atoms with Gasteiger partial charge in [-0.1, -0.05) is 18.2 Å². The van der Waals surface area contributed by atoms with Crippen LogP contribution in [0.4, 0.5) is 17.6 Å². The molecule has 2 unspecified atom stereocenters. The van der Waals surface area contributed by atoms with E-state index in [4.69, 9.17) is 4.74 Å². The zero-order chi connectivity index (χ0) is 17.7. The van der Waals surface area contributed by atoms with Crippen molar-refractivity contribution in [3.8, 4) is 0 Å². The van der Waals surface area contributed by atoms with E-state index in [1.165, 1.54) is 19.1 Å². The molecule has 2 aromatic carbocycles. The predicted molar refractivity (Wildman–Crippen MR) is 80.9 cm³/mol. The van der Waals surface area contributed by atoms with Gasteiger partial charge in [-0.3, -0.25) is 0 Å². The summed E-state index contributed by atoms with van der Waals surface area (Å²) in [6.07, 6.45) is -2.48. The molecule has 6 heteroatoms. The van der Waals surface area contributed by atoms with E-state index in [1.807, 2.05) is 0 Å². The first-order valence-electron chi connectivity index (χ1n) is 7.40. The predicted octanol–water partition coefficient (Wildman–Crippen LogP) is 4.62. The Balaban J connectivity index is 2.15. The first-order valence-corrected chi connectivity index (χ1v) is 7.40. The molecule has 0 saturated carbocycles. The maximum atomic E-state index is 13.3. The van der Waals surface area contributed by atoms with E-state index in [0.29, 0.717) is 0 Å². The zero-order valence-corrected chi connectivity index (χ0v) is 12.9. The number of alkyl halides is 1. The highest BCUT2D eigenvalue weighted by atomic mass is 19.2. The molecule has 0 aromatic heterocycles. The average Bonchev–Trinajstić information content (AvgIpc) is 2.52. The number of esters is 1. The van der Waals surface area contributed by atoms with Gasteiger partial charge in [0.1, 0.15) is 12.3 Å². The second-order valence-corrected chi connectivity index (χ2v) is 5.49. The molecule has 0 aliphatic carbocycles. The van der Waals surface area contributed by atoms with Crippen molar-refractivity contribution in [2.75, 3.05) is 0 Å². The SMILES string of the molecule is CC(F)CC(Cc1cc(F)c(F)c(F)c1)OC(=O)c1ccccc1. The topological polar surface area (TPSA) is 26.3 Å². The van der Waals surface area contributed by atoms with Crippen molar-refractivity contribution in [1.29, 1.82) is 0 Å². The van der Waals surface area contributed by atoms with Crippen LogP contribution >= 0.6 is 0 Å². The second kappa shape index (κ2) is 7.95. The van der Waals surface area contributed by atoms with Gasteiger partial charge in [0.05, 0.1) is 5.56 Å². The molecule has 0 amide bonds. The van der Waals surface area contributed by atoms with Gasteiger partial charge in [0, 0.05) is 12.8 Å². The summed E-state index contributed by atoms with van der Waals surface area (Å²) in [5.74, 6) is -4.92. The van der Waals surface area contributed by atoms with Gasteiger partial charge >= 0.3 is 5.97 Å². The van der Waals surface area contributed by atoms with Crippen LogP contribution in [0.2, 0.25) is 0 Å². The Hall–Kier alpha value is -2.37. The third-order valence-electron chi connectivity index (χ3n) is 3.38. The van der Waals surface area contributed by atoms with Crippen LogP contribution in [0, 0.1) is 17.5 Å². The molecule has 0 fully saturated rings. The zero-order valence-electron chi connectivity index (χ0n) is 12.9. The lowest BCUT2D eigenvalue weighted by molar-refractivity contribution is 0.0233. The summed E-state index contributed by atoms with van der Waals surface area (Å²) in [5.41, 5.74) is 0.364. The highest BCUT2D eigenvalue weighted by Gasteiger charge is 2.21. The van der Waals surface area contributed by atoms with Gasteiger partial charge in [0.15, 0.2) is 17.5 Å². The summed E-state index contributed by atoms with van der Waals surface area (Å²) in [4.78, 5) is 12.1. The number of hydrogen-bond donors (Lipinski definition) is 0. The molecule has 0 heterocycles. The van der Waals surface area contributed by atoms with Crippen molar-refractivity contribution in [3.05, 3.63) is 71.0 Å². The van der Waals surface area contributed by atoms with E-state index in [-0.39, 0.29) is 24.0 Å². The van der Waals surface area contributed by atoms with E-state index in [0.717, 1.165) is 12.1 Å². The van der Waals surface area contributed by atoms with E-state index < -0.39 is 35.7 Å². The molecule has 24 heavy (non-hydrogen) atoms. The maximum absolute atomic E-state index is 13.3. The molecule has 0 saturated heterocycles. The van der Waals surface area contributed by atoms with Crippen molar-refractivity contribution in [2.24, 2.45) is 0 Å². The van der Waals surface area contributed by atoms with Crippen molar-refractivity contribution in [3.63, 3.8) is 0 Å². The molecule has 0 aliphatic heterocycles. The molecule has 128 valence electrons. The lowest BCUT2D eigenvalue weighted by atomic mass is 10.0. The largest absolute Gasteiger partial charge is 0.458 e. The number of ether oxygens (including phenoxy) is 1. The molecule has 2 rings (SSSR count). The monoisotopic (exact) mass is 340 g/mol. The number of halogens is 4. The number of hydrogen-bond acceptors (Lipinski definition) is 2. The molecule has 2 aromatic rings. The van der Waals surface area contributed by atoms with Gasteiger partial charge in [-0.2, -0.15) is 0 Å². The summed E-state index contributed by atoms with van der Waals surface area (Å²) < 4.78 is 58.1. The fourth-order valence-electron chi connectivity index (χ4n) is 2.32.